The van der Waals surface area contributed by atoms with Crippen LogP contribution >= 0.6 is 0 Å². The Kier molecular flexibility index (Phi) is 4.16. The number of nitrogens with one attached hydrogen (secondary N) is 1. The van der Waals surface area contributed by atoms with E-state index in [1.165, 1.54) is 37.7 Å². The average molecular weight is 363 g/mol. The molecular formula is C23H25NO3. The third-order valence-electron chi connectivity index (χ3n) is 6.95. The summed E-state index contributed by atoms with van der Waals surface area (Å²) in [6.07, 6.45) is 7.23. The zero-order valence-electron chi connectivity index (χ0n) is 15.3. The number of benzene rings is 2. The van der Waals surface area contributed by atoms with Crippen molar-refractivity contribution in [2.45, 2.75) is 38.0 Å². The zero-order chi connectivity index (χ0) is 18.4. The van der Waals surface area contributed by atoms with Crippen LogP contribution in [0, 0.1) is 23.7 Å². The second kappa shape index (κ2) is 6.68. The van der Waals surface area contributed by atoms with E-state index in [9.17, 15) is 4.79 Å². The summed E-state index contributed by atoms with van der Waals surface area (Å²) < 4.78 is 5.91. The number of ether oxygens (including phenoxy) is 1. The molecule has 0 unspecified atom stereocenters. The van der Waals surface area contributed by atoms with E-state index in [1.807, 2.05) is 0 Å². The van der Waals surface area contributed by atoms with Crippen LogP contribution in [0.5, 0.6) is 11.5 Å². The number of hydrogen-bond acceptors (Lipinski definition) is 3. The van der Waals surface area contributed by atoms with Gasteiger partial charge in [0, 0.05) is 5.56 Å². The van der Waals surface area contributed by atoms with E-state index in [0.29, 0.717) is 11.3 Å². The number of carbonyl (C=O) groups excluding carboxylic acids is 1. The molecule has 0 radical (unpaired) electrons. The van der Waals surface area contributed by atoms with Crippen LogP contribution in [0.4, 0.5) is 0 Å². The van der Waals surface area contributed by atoms with E-state index in [0.717, 1.165) is 35.3 Å². The molecule has 2 aromatic carbocycles. The summed E-state index contributed by atoms with van der Waals surface area (Å²) >= 11 is 0. The molecule has 140 valence electrons. The van der Waals surface area contributed by atoms with E-state index in [2.05, 4.69) is 24.3 Å². The molecule has 2 N–H and O–H groups in total. The molecule has 4 aliphatic rings. The van der Waals surface area contributed by atoms with Gasteiger partial charge in [-0.1, -0.05) is 12.1 Å². The van der Waals surface area contributed by atoms with Crippen LogP contribution in [0.25, 0.3) is 0 Å². The number of rotatable bonds is 4. The SMILES string of the molecule is O=C(NO)c1ccc(Oc2ccc(C3C4CC5CC(C4)CC3C5)cc2)cc1. The van der Waals surface area contributed by atoms with Gasteiger partial charge in [0.1, 0.15) is 11.5 Å². The van der Waals surface area contributed by atoms with Gasteiger partial charge in [0.15, 0.2) is 0 Å². The first-order valence-corrected chi connectivity index (χ1v) is 10.0. The molecule has 4 saturated carbocycles. The highest BCUT2D eigenvalue weighted by Crippen LogP contribution is 2.59. The molecule has 0 atom stereocenters. The Morgan fingerprint density at radius 1 is 0.815 bits per heavy atom. The topological polar surface area (TPSA) is 58.6 Å². The minimum atomic E-state index is -0.526. The highest BCUT2D eigenvalue weighted by atomic mass is 16.5. The van der Waals surface area contributed by atoms with Gasteiger partial charge in [-0.25, -0.2) is 5.48 Å². The van der Waals surface area contributed by atoms with E-state index >= 15 is 0 Å². The summed E-state index contributed by atoms with van der Waals surface area (Å²) in [5.74, 6) is 5.47. The standard InChI is InChI=1S/C23H25NO3/c25-23(24-26)17-3-7-21(8-4-17)27-20-5-1-16(2-6-20)22-18-10-14-9-15(12-18)13-19(22)11-14/h1-8,14-15,18-19,22,26H,9-13H2,(H,24,25). The lowest BCUT2D eigenvalue weighted by Crippen LogP contribution is -2.43. The minimum absolute atomic E-state index is 0.391. The van der Waals surface area contributed by atoms with Gasteiger partial charge >= 0.3 is 0 Å². The summed E-state index contributed by atoms with van der Waals surface area (Å²) in [6, 6.07) is 15.3. The lowest BCUT2D eigenvalue weighted by atomic mass is 9.51. The van der Waals surface area contributed by atoms with Gasteiger partial charge in [-0.3, -0.25) is 10.0 Å². The summed E-state index contributed by atoms with van der Waals surface area (Å²) in [5, 5.41) is 8.67. The molecule has 6 rings (SSSR count). The average Bonchev–Trinajstić information content (AvgIpc) is 2.68. The van der Waals surface area contributed by atoms with Crippen molar-refractivity contribution < 1.29 is 14.7 Å². The monoisotopic (exact) mass is 363 g/mol. The third-order valence-corrected chi connectivity index (χ3v) is 6.95. The largest absolute Gasteiger partial charge is 0.457 e. The second-order valence-corrected chi connectivity index (χ2v) is 8.59. The van der Waals surface area contributed by atoms with Crippen molar-refractivity contribution in [1.82, 2.24) is 5.48 Å². The fourth-order valence-electron chi connectivity index (χ4n) is 6.10. The van der Waals surface area contributed by atoms with Crippen molar-refractivity contribution in [3.63, 3.8) is 0 Å². The normalized spacial score (nSPS) is 30.9. The molecule has 4 nitrogen and oxygen atoms in total. The summed E-state index contributed by atoms with van der Waals surface area (Å²) in [5.41, 5.74) is 3.50. The predicted molar refractivity (Wildman–Crippen MR) is 102 cm³/mol. The lowest BCUT2D eigenvalue weighted by Gasteiger charge is -2.54. The van der Waals surface area contributed by atoms with Crippen molar-refractivity contribution >= 4 is 5.91 Å². The molecular weight excluding hydrogens is 338 g/mol. The number of hydrogen-bond donors (Lipinski definition) is 2. The van der Waals surface area contributed by atoms with Crippen molar-refractivity contribution in [2.75, 3.05) is 0 Å². The zero-order valence-corrected chi connectivity index (χ0v) is 15.3. The minimum Gasteiger partial charge on any atom is -0.457 e. The van der Waals surface area contributed by atoms with Crippen LogP contribution in [0.3, 0.4) is 0 Å². The molecule has 0 aliphatic heterocycles. The Bertz CT molecular complexity index is 800. The first-order chi connectivity index (χ1) is 13.2. The maximum Gasteiger partial charge on any atom is 0.274 e. The first kappa shape index (κ1) is 16.8. The van der Waals surface area contributed by atoms with E-state index in [-0.39, 0.29) is 0 Å². The third kappa shape index (κ3) is 3.12. The molecule has 0 heterocycles. The molecule has 0 saturated heterocycles. The molecule has 0 spiro atoms. The Hall–Kier alpha value is -2.33. The van der Waals surface area contributed by atoms with E-state index in [1.54, 1.807) is 29.7 Å². The van der Waals surface area contributed by atoms with E-state index in [4.69, 9.17) is 9.94 Å². The van der Waals surface area contributed by atoms with Gasteiger partial charge in [0.05, 0.1) is 0 Å². The van der Waals surface area contributed by atoms with Crippen LogP contribution < -0.4 is 10.2 Å². The Morgan fingerprint density at radius 3 is 1.85 bits per heavy atom. The fraction of sp³-hybridized carbons (Fsp3) is 0.435. The van der Waals surface area contributed by atoms with Crippen molar-refractivity contribution in [3.05, 3.63) is 59.7 Å². The van der Waals surface area contributed by atoms with Gasteiger partial charge in [-0.2, -0.15) is 0 Å². The number of hydroxylamine groups is 1. The van der Waals surface area contributed by atoms with Crippen LogP contribution in [0.15, 0.2) is 48.5 Å². The molecule has 0 aromatic heterocycles. The summed E-state index contributed by atoms with van der Waals surface area (Å²) in [7, 11) is 0. The maximum absolute atomic E-state index is 11.4. The van der Waals surface area contributed by atoms with Gasteiger partial charge < -0.3 is 4.74 Å². The van der Waals surface area contributed by atoms with Gasteiger partial charge in [0.25, 0.3) is 5.91 Å². The Balaban J connectivity index is 1.29. The Labute approximate surface area is 159 Å². The molecule has 4 aliphatic carbocycles. The van der Waals surface area contributed by atoms with Crippen LogP contribution in [0.1, 0.15) is 53.9 Å². The maximum atomic E-state index is 11.4. The second-order valence-electron chi connectivity index (χ2n) is 8.59. The lowest BCUT2D eigenvalue weighted by molar-refractivity contribution is -0.00279. The molecule has 1 amide bonds. The summed E-state index contributed by atoms with van der Waals surface area (Å²) in [4.78, 5) is 11.4. The molecule has 4 bridgehead atoms. The number of carbonyl (C=O) groups is 1. The Morgan fingerprint density at radius 2 is 1.33 bits per heavy atom. The van der Waals surface area contributed by atoms with Crippen LogP contribution in [-0.2, 0) is 0 Å². The highest BCUT2D eigenvalue weighted by Gasteiger charge is 2.48. The molecule has 4 fully saturated rings. The van der Waals surface area contributed by atoms with Crippen molar-refractivity contribution in [2.24, 2.45) is 23.7 Å². The van der Waals surface area contributed by atoms with Crippen molar-refractivity contribution in [3.8, 4) is 11.5 Å². The van der Waals surface area contributed by atoms with Crippen LogP contribution in [0.2, 0.25) is 0 Å². The highest BCUT2D eigenvalue weighted by molar-refractivity contribution is 5.93. The quantitative estimate of drug-likeness (QED) is 0.584. The molecule has 27 heavy (non-hydrogen) atoms. The fourth-order valence-corrected chi connectivity index (χ4v) is 6.10. The van der Waals surface area contributed by atoms with Gasteiger partial charge in [0.2, 0.25) is 0 Å². The van der Waals surface area contributed by atoms with Crippen LogP contribution in [-0.4, -0.2) is 11.1 Å². The smallest absolute Gasteiger partial charge is 0.274 e. The molecule has 4 heteroatoms. The predicted octanol–water partition coefficient (Wildman–Crippen LogP) is 5.14. The number of amides is 1. The van der Waals surface area contributed by atoms with Gasteiger partial charge in [-0.15, -0.1) is 0 Å². The first-order valence-electron chi connectivity index (χ1n) is 10.0. The van der Waals surface area contributed by atoms with E-state index < -0.39 is 5.91 Å². The van der Waals surface area contributed by atoms with Gasteiger partial charge in [-0.05, 0) is 104 Å². The van der Waals surface area contributed by atoms with Crippen molar-refractivity contribution in [1.29, 1.82) is 0 Å². The summed E-state index contributed by atoms with van der Waals surface area (Å²) in [6.45, 7) is 0. The molecule has 2 aromatic rings.